The van der Waals surface area contributed by atoms with Crippen LogP contribution in [0.15, 0.2) is 65.7 Å². The first kappa shape index (κ1) is 20.6. The van der Waals surface area contributed by atoms with Crippen molar-refractivity contribution in [3.63, 3.8) is 0 Å². The first-order valence-electron chi connectivity index (χ1n) is 8.49. The fourth-order valence-corrected chi connectivity index (χ4v) is 4.17. The summed E-state index contributed by atoms with van der Waals surface area (Å²) in [4.78, 5) is 16.4. The monoisotopic (exact) mass is 431 g/mol. The largest absolute Gasteiger partial charge is 0.495 e. The minimum absolute atomic E-state index is 0.0161. The number of anilines is 2. The van der Waals surface area contributed by atoms with Crippen LogP contribution in [0.3, 0.4) is 0 Å². The van der Waals surface area contributed by atoms with Gasteiger partial charge in [0, 0.05) is 11.8 Å². The van der Waals surface area contributed by atoms with Crippen molar-refractivity contribution in [2.24, 2.45) is 0 Å². The predicted octanol–water partition coefficient (Wildman–Crippen LogP) is 4.11. The number of pyridine rings is 1. The van der Waals surface area contributed by atoms with Crippen LogP contribution in [0.5, 0.6) is 5.75 Å². The minimum Gasteiger partial charge on any atom is -0.495 e. The van der Waals surface area contributed by atoms with Crippen molar-refractivity contribution < 1.29 is 17.9 Å². The molecule has 0 unspecified atom stereocenters. The van der Waals surface area contributed by atoms with E-state index in [4.69, 9.17) is 16.3 Å². The van der Waals surface area contributed by atoms with Crippen molar-refractivity contribution in [3.05, 3.63) is 76.9 Å². The predicted molar refractivity (Wildman–Crippen MR) is 112 cm³/mol. The molecule has 3 rings (SSSR count). The van der Waals surface area contributed by atoms with E-state index in [1.807, 2.05) is 6.92 Å². The number of carbonyl (C=O) groups is 1. The maximum Gasteiger partial charge on any atom is 0.263 e. The van der Waals surface area contributed by atoms with Crippen molar-refractivity contribution in [2.45, 2.75) is 11.8 Å². The van der Waals surface area contributed by atoms with Crippen LogP contribution in [-0.4, -0.2) is 26.4 Å². The fourth-order valence-electron chi connectivity index (χ4n) is 2.57. The lowest BCUT2D eigenvalue weighted by atomic mass is 10.2. The van der Waals surface area contributed by atoms with Crippen molar-refractivity contribution >= 4 is 39.0 Å². The molecule has 0 atom stereocenters. The first-order valence-corrected chi connectivity index (χ1v) is 10.4. The molecule has 1 amide bonds. The summed E-state index contributed by atoms with van der Waals surface area (Å²) < 4.78 is 33.3. The highest BCUT2D eigenvalue weighted by Crippen LogP contribution is 2.29. The number of para-hydroxylation sites is 2. The molecule has 7 nitrogen and oxygen atoms in total. The molecular weight excluding hydrogens is 414 g/mol. The summed E-state index contributed by atoms with van der Waals surface area (Å²) in [6.07, 6.45) is 1.57. The van der Waals surface area contributed by atoms with E-state index < -0.39 is 15.9 Å². The van der Waals surface area contributed by atoms with Crippen molar-refractivity contribution in [1.82, 2.24) is 4.98 Å². The lowest BCUT2D eigenvalue weighted by molar-refractivity contribution is 0.102. The second-order valence-corrected chi connectivity index (χ2v) is 8.18. The summed E-state index contributed by atoms with van der Waals surface area (Å²) in [5, 5.41) is 2.62. The molecule has 0 radical (unpaired) electrons. The molecular formula is C20H18ClN3O4S. The zero-order valence-corrected chi connectivity index (χ0v) is 17.2. The van der Waals surface area contributed by atoms with E-state index in [-0.39, 0.29) is 21.2 Å². The third kappa shape index (κ3) is 4.85. The Balaban J connectivity index is 1.90. The van der Waals surface area contributed by atoms with Gasteiger partial charge >= 0.3 is 0 Å². The van der Waals surface area contributed by atoms with Gasteiger partial charge in [-0.1, -0.05) is 23.7 Å². The molecule has 9 heteroatoms. The summed E-state index contributed by atoms with van der Waals surface area (Å²) in [6, 6.07) is 14.1. The average Bonchev–Trinajstić information content (AvgIpc) is 2.68. The highest BCUT2D eigenvalue weighted by molar-refractivity contribution is 7.92. The van der Waals surface area contributed by atoms with Crippen molar-refractivity contribution in [2.75, 3.05) is 17.1 Å². The molecule has 1 heterocycles. The number of methoxy groups -OCH3 is 1. The number of halogens is 1. The van der Waals surface area contributed by atoms with E-state index in [9.17, 15) is 13.2 Å². The number of aromatic nitrogens is 1. The first-order chi connectivity index (χ1) is 13.8. The van der Waals surface area contributed by atoms with E-state index >= 15 is 0 Å². The minimum atomic E-state index is -4.07. The van der Waals surface area contributed by atoms with Gasteiger partial charge in [0.1, 0.15) is 16.5 Å². The number of nitrogens with one attached hydrogen (secondary N) is 2. The lowest BCUT2D eigenvalue weighted by Crippen LogP contribution is -2.17. The molecule has 3 aromatic rings. The van der Waals surface area contributed by atoms with Crippen LogP contribution in [0.2, 0.25) is 5.02 Å². The summed E-state index contributed by atoms with van der Waals surface area (Å²) >= 11 is 6.11. The lowest BCUT2D eigenvalue weighted by Gasteiger charge is -2.13. The van der Waals surface area contributed by atoms with Crippen LogP contribution in [0.1, 0.15) is 15.9 Å². The number of benzene rings is 2. The maximum atomic E-state index is 12.9. The van der Waals surface area contributed by atoms with Crippen LogP contribution < -0.4 is 14.8 Å². The second-order valence-electron chi connectivity index (χ2n) is 6.12. The normalized spacial score (nSPS) is 11.0. The van der Waals surface area contributed by atoms with E-state index in [0.717, 1.165) is 5.56 Å². The molecule has 0 saturated heterocycles. The maximum absolute atomic E-state index is 12.9. The number of carbonyl (C=O) groups excluding carboxylic acids is 1. The number of amides is 1. The summed E-state index contributed by atoms with van der Waals surface area (Å²) in [7, 11) is -2.63. The van der Waals surface area contributed by atoms with Gasteiger partial charge in [-0.3, -0.25) is 9.52 Å². The Bertz CT molecular complexity index is 1170. The summed E-state index contributed by atoms with van der Waals surface area (Å²) in [5.74, 6) is 0.210. The summed E-state index contributed by atoms with van der Waals surface area (Å²) in [6.45, 7) is 1.87. The molecule has 0 aliphatic carbocycles. The van der Waals surface area contributed by atoms with Crippen molar-refractivity contribution in [3.8, 4) is 5.75 Å². The SMILES string of the molecule is COc1ccccc1NS(=O)(=O)c1cc(C(=O)Nc2cc(C)ccn2)ccc1Cl. The number of hydrogen-bond acceptors (Lipinski definition) is 5. The van der Waals surface area contributed by atoms with Gasteiger partial charge in [-0.05, 0) is 55.0 Å². The van der Waals surface area contributed by atoms with E-state index in [1.54, 1.807) is 42.6 Å². The van der Waals surface area contributed by atoms with Gasteiger partial charge in [-0.25, -0.2) is 13.4 Å². The van der Waals surface area contributed by atoms with E-state index in [1.165, 1.54) is 25.3 Å². The van der Waals surface area contributed by atoms with Gasteiger partial charge < -0.3 is 10.1 Å². The van der Waals surface area contributed by atoms with Gasteiger partial charge in [0.05, 0.1) is 17.8 Å². The van der Waals surface area contributed by atoms with Crippen LogP contribution >= 0.6 is 11.6 Å². The molecule has 1 aromatic heterocycles. The molecule has 0 saturated carbocycles. The standard InChI is InChI=1S/C20H18ClN3O4S/c1-13-9-10-22-19(11-13)23-20(25)14-7-8-15(21)18(12-14)29(26,27)24-16-5-3-4-6-17(16)28-2/h3-12,24H,1-2H3,(H,22,23,25). The van der Waals surface area contributed by atoms with Gasteiger partial charge in [0.25, 0.3) is 15.9 Å². The van der Waals surface area contributed by atoms with Crippen LogP contribution in [-0.2, 0) is 10.0 Å². The number of nitrogens with zero attached hydrogens (tertiary/aromatic N) is 1. The molecule has 0 aliphatic rings. The smallest absolute Gasteiger partial charge is 0.263 e. The Morgan fingerprint density at radius 3 is 2.59 bits per heavy atom. The third-order valence-corrected chi connectivity index (χ3v) is 5.84. The molecule has 0 bridgehead atoms. The topological polar surface area (TPSA) is 97.4 Å². The highest BCUT2D eigenvalue weighted by Gasteiger charge is 2.22. The van der Waals surface area contributed by atoms with Gasteiger partial charge in [-0.2, -0.15) is 0 Å². The Morgan fingerprint density at radius 2 is 1.86 bits per heavy atom. The van der Waals surface area contributed by atoms with Gasteiger partial charge in [0.2, 0.25) is 0 Å². The number of ether oxygens (including phenoxy) is 1. The number of aryl methyl sites for hydroxylation is 1. The Hall–Kier alpha value is -3.10. The summed E-state index contributed by atoms with van der Waals surface area (Å²) in [5.41, 5.74) is 1.30. The van der Waals surface area contributed by atoms with Crippen molar-refractivity contribution in [1.29, 1.82) is 0 Å². The quantitative estimate of drug-likeness (QED) is 0.612. The molecule has 0 fully saturated rings. The molecule has 2 N–H and O–H groups in total. The Labute approximate surface area is 173 Å². The fraction of sp³-hybridized carbons (Fsp3) is 0.100. The highest BCUT2D eigenvalue weighted by atomic mass is 35.5. The molecule has 0 aliphatic heterocycles. The zero-order chi connectivity index (χ0) is 21.0. The molecule has 0 spiro atoms. The number of sulfonamides is 1. The second kappa shape index (κ2) is 8.50. The molecule has 29 heavy (non-hydrogen) atoms. The van der Waals surface area contributed by atoms with Crippen LogP contribution in [0.4, 0.5) is 11.5 Å². The molecule has 2 aromatic carbocycles. The van der Waals surface area contributed by atoms with Gasteiger partial charge in [0.15, 0.2) is 0 Å². The molecule has 150 valence electrons. The zero-order valence-electron chi connectivity index (χ0n) is 15.6. The van der Waals surface area contributed by atoms with E-state index in [0.29, 0.717) is 11.6 Å². The third-order valence-electron chi connectivity index (χ3n) is 3.99. The average molecular weight is 432 g/mol. The Kier molecular flexibility index (Phi) is 6.05. The Morgan fingerprint density at radius 1 is 1.10 bits per heavy atom. The number of rotatable bonds is 6. The van der Waals surface area contributed by atoms with Crippen LogP contribution in [0.25, 0.3) is 0 Å². The van der Waals surface area contributed by atoms with E-state index in [2.05, 4.69) is 15.0 Å². The van der Waals surface area contributed by atoms with Crippen LogP contribution in [0, 0.1) is 6.92 Å². The van der Waals surface area contributed by atoms with Gasteiger partial charge in [-0.15, -0.1) is 0 Å². The number of hydrogen-bond donors (Lipinski definition) is 2.